The van der Waals surface area contributed by atoms with Crippen LogP contribution in [0.4, 0.5) is 11.4 Å². The van der Waals surface area contributed by atoms with Crippen LogP contribution in [0.1, 0.15) is 0 Å². The van der Waals surface area contributed by atoms with E-state index < -0.39 is 4.92 Å². The maximum Gasteiger partial charge on any atom is 0.334 e. The summed E-state index contributed by atoms with van der Waals surface area (Å²) < 4.78 is 5.64. The number of hydrogen-bond donors (Lipinski definition) is 1. The summed E-state index contributed by atoms with van der Waals surface area (Å²) in [5.74, 6) is 0.665. The lowest BCUT2D eigenvalue weighted by atomic mass is 10.1. The molecule has 0 aliphatic rings. The van der Waals surface area contributed by atoms with Crippen LogP contribution in [0.25, 0.3) is 10.8 Å². The van der Waals surface area contributed by atoms with Gasteiger partial charge in [0.25, 0.3) is 0 Å². The molecule has 0 spiro atoms. The Labute approximate surface area is 120 Å². The monoisotopic (exact) mass is 280 g/mol. The third-order valence-electron chi connectivity index (χ3n) is 3.16. The van der Waals surface area contributed by atoms with E-state index in [4.69, 9.17) is 10.5 Å². The van der Waals surface area contributed by atoms with Gasteiger partial charge in [0.2, 0.25) is 5.75 Å². The molecule has 0 fully saturated rings. The number of anilines is 1. The van der Waals surface area contributed by atoms with Crippen LogP contribution in [0.15, 0.2) is 60.7 Å². The standard InChI is InChI=1S/C16H12N2O3/c17-14-6-3-7-15(16(14)18(19)20)21-13-9-8-11-4-1-2-5-12(11)10-13/h1-10H,17H2. The molecule has 0 heterocycles. The van der Waals surface area contributed by atoms with Crippen LogP contribution in [0.3, 0.4) is 0 Å². The molecule has 5 nitrogen and oxygen atoms in total. The summed E-state index contributed by atoms with van der Waals surface area (Å²) in [4.78, 5) is 10.6. The zero-order valence-electron chi connectivity index (χ0n) is 11.0. The summed E-state index contributed by atoms with van der Waals surface area (Å²) in [5, 5.41) is 13.2. The van der Waals surface area contributed by atoms with Crippen molar-refractivity contribution in [1.29, 1.82) is 0 Å². The quantitative estimate of drug-likeness (QED) is 0.444. The van der Waals surface area contributed by atoms with Crippen molar-refractivity contribution in [2.75, 3.05) is 5.73 Å². The lowest BCUT2D eigenvalue weighted by Gasteiger charge is -2.08. The highest BCUT2D eigenvalue weighted by molar-refractivity contribution is 5.83. The van der Waals surface area contributed by atoms with E-state index in [1.165, 1.54) is 12.1 Å². The Morgan fingerprint density at radius 1 is 0.952 bits per heavy atom. The highest BCUT2D eigenvalue weighted by Gasteiger charge is 2.19. The number of para-hydroxylation sites is 1. The minimum Gasteiger partial charge on any atom is -0.450 e. The van der Waals surface area contributed by atoms with E-state index in [0.717, 1.165) is 10.8 Å². The second-order valence-electron chi connectivity index (χ2n) is 4.56. The summed E-state index contributed by atoms with van der Waals surface area (Å²) in [6.07, 6.45) is 0. The fourth-order valence-electron chi connectivity index (χ4n) is 2.17. The zero-order valence-corrected chi connectivity index (χ0v) is 11.0. The van der Waals surface area contributed by atoms with Gasteiger partial charge in [0.1, 0.15) is 11.4 Å². The highest BCUT2D eigenvalue weighted by atomic mass is 16.6. The van der Waals surface area contributed by atoms with Crippen molar-refractivity contribution in [2.45, 2.75) is 0 Å². The van der Waals surface area contributed by atoms with Gasteiger partial charge in [-0.3, -0.25) is 10.1 Å². The zero-order chi connectivity index (χ0) is 14.8. The molecule has 3 aromatic carbocycles. The number of ether oxygens (including phenoxy) is 1. The molecule has 3 aromatic rings. The predicted molar refractivity (Wildman–Crippen MR) is 81.5 cm³/mol. The van der Waals surface area contributed by atoms with Crippen molar-refractivity contribution in [3.63, 3.8) is 0 Å². The van der Waals surface area contributed by atoms with Gasteiger partial charge in [0.15, 0.2) is 0 Å². The first-order valence-electron chi connectivity index (χ1n) is 6.35. The van der Waals surface area contributed by atoms with Gasteiger partial charge in [-0.2, -0.15) is 0 Å². The van der Waals surface area contributed by atoms with Crippen molar-refractivity contribution < 1.29 is 9.66 Å². The third kappa shape index (κ3) is 2.49. The molecule has 0 bridgehead atoms. The number of benzene rings is 3. The summed E-state index contributed by atoms with van der Waals surface area (Å²) in [7, 11) is 0. The number of fused-ring (bicyclic) bond motifs is 1. The van der Waals surface area contributed by atoms with Crippen LogP contribution in [0.5, 0.6) is 11.5 Å². The third-order valence-corrected chi connectivity index (χ3v) is 3.16. The Morgan fingerprint density at radius 3 is 2.48 bits per heavy atom. The fraction of sp³-hybridized carbons (Fsp3) is 0. The van der Waals surface area contributed by atoms with Crippen LogP contribution in [0.2, 0.25) is 0 Å². The highest BCUT2D eigenvalue weighted by Crippen LogP contribution is 2.36. The lowest BCUT2D eigenvalue weighted by Crippen LogP contribution is -1.98. The average Bonchev–Trinajstić information content (AvgIpc) is 2.47. The van der Waals surface area contributed by atoms with Gasteiger partial charge in [0, 0.05) is 0 Å². The molecule has 0 unspecified atom stereocenters. The first-order valence-corrected chi connectivity index (χ1v) is 6.35. The minimum atomic E-state index is -0.536. The van der Waals surface area contributed by atoms with E-state index in [1.54, 1.807) is 12.1 Å². The average molecular weight is 280 g/mol. The van der Waals surface area contributed by atoms with Gasteiger partial charge in [-0.25, -0.2) is 0 Å². The van der Waals surface area contributed by atoms with Crippen molar-refractivity contribution >= 4 is 22.1 Å². The van der Waals surface area contributed by atoms with Crippen LogP contribution < -0.4 is 10.5 Å². The van der Waals surface area contributed by atoms with Gasteiger partial charge >= 0.3 is 5.69 Å². The van der Waals surface area contributed by atoms with E-state index in [0.29, 0.717) is 5.75 Å². The SMILES string of the molecule is Nc1cccc(Oc2ccc3ccccc3c2)c1[N+](=O)[O-]. The Hall–Kier alpha value is -3.08. The largest absolute Gasteiger partial charge is 0.450 e. The molecular weight excluding hydrogens is 268 g/mol. The number of nitro groups is 1. The Balaban J connectivity index is 2.02. The molecule has 0 amide bonds. The van der Waals surface area contributed by atoms with Crippen molar-refractivity contribution in [1.82, 2.24) is 0 Å². The number of nitro benzene ring substituents is 1. The van der Waals surface area contributed by atoms with Crippen molar-refractivity contribution in [3.05, 3.63) is 70.8 Å². The van der Waals surface area contributed by atoms with E-state index in [-0.39, 0.29) is 17.1 Å². The lowest BCUT2D eigenvalue weighted by molar-refractivity contribution is -0.384. The summed E-state index contributed by atoms with van der Waals surface area (Å²) in [5.41, 5.74) is 5.51. The summed E-state index contributed by atoms with van der Waals surface area (Å²) in [6.45, 7) is 0. The van der Waals surface area contributed by atoms with Crippen molar-refractivity contribution in [2.24, 2.45) is 0 Å². The Kier molecular flexibility index (Phi) is 3.16. The second kappa shape index (κ2) is 5.13. The molecule has 5 heteroatoms. The predicted octanol–water partition coefficient (Wildman–Crippen LogP) is 4.12. The fourth-order valence-corrected chi connectivity index (χ4v) is 2.17. The number of nitrogens with two attached hydrogens (primary N) is 1. The van der Waals surface area contributed by atoms with Gasteiger partial charge in [-0.15, -0.1) is 0 Å². The molecule has 0 aliphatic carbocycles. The molecule has 0 atom stereocenters. The summed E-state index contributed by atoms with van der Waals surface area (Å²) in [6, 6.07) is 18.0. The Bertz CT molecular complexity index is 831. The number of nitrogens with zero attached hydrogens (tertiary/aromatic N) is 1. The van der Waals surface area contributed by atoms with Gasteiger partial charge < -0.3 is 10.5 Å². The molecule has 2 N–H and O–H groups in total. The van der Waals surface area contributed by atoms with Crippen LogP contribution in [0, 0.1) is 10.1 Å². The van der Waals surface area contributed by atoms with E-state index in [1.807, 2.05) is 36.4 Å². The molecule has 104 valence electrons. The van der Waals surface area contributed by atoms with E-state index in [2.05, 4.69) is 0 Å². The molecule has 0 radical (unpaired) electrons. The first kappa shape index (κ1) is 12.9. The van der Waals surface area contributed by atoms with Gasteiger partial charge in [-0.1, -0.05) is 36.4 Å². The molecule has 21 heavy (non-hydrogen) atoms. The van der Waals surface area contributed by atoms with Crippen LogP contribution in [-0.2, 0) is 0 Å². The van der Waals surface area contributed by atoms with E-state index >= 15 is 0 Å². The van der Waals surface area contributed by atoms with Crippen molar-refractivity contribution in [3.8, 4) is 11.5 Å². The molecule has 0 saturated heterocycles. The van der Waals surface area contributed by atoms with Crippen LogP contribution in [-0.4, -0.2) is 4.92 Å². The maximum absolute atomic E-state index is 11.1. The normalized spacial score (nSPS) is 10.5. The number of rotatable bonds is 3. The molecule has 0 saturated carbocycles. The molecule has 3 rings (SSSR count). The topological polar surface area (TPSA) is 78.4 Å². The molecule has 0 aromatic heterocycles. The number of nitrogen functional groups attached to an aromatic ring is 1. The smallest absolute Gasteiger partial charge is 0.334 e. The van der Waals surface area contributed by atoms with Gasteiger partial charge in [0.05, 0.1) is 4.92 Å². The first-order chi connectivity index (χ1) is 10.1. The summed E-state index contributed by atoms with van der Waals surface area (Å²) >= 11 is 0. The minimum absolute atomic E-state index is 0.0817. The number of hydrogen-bond acceptors (Lipinski definition) is 4. The Morgan fingerprint density at radius 2 is 1.71 bits per heavy atom. The maximum atomic E-state index is 11.1. The second-order valence-corrected chi connectivity index (χ2v) is 4.56. The van der Waals surface area contributed by atoms with Gasteiger partial charge in [-0.05, 0) is 35.0 Å². The molecular formula is C16H12N2O3. The molecule has 0 aliphatic heterocycles. The van der Waals surface area contributed by atoms with Crippen LogP contribution >= 0.6 is 0 Å². The van der Waals surface area contributed by atoms with E-state index in [9.17, 15) is 10.1 Å².